The second-order valence-corrected chi connectivity index (χ2v) is 15.2. The smallest absolute Gasteiger partial charge is 0.420 e. The van der Waals surface area contributed by atoms with Crippen molar-refractivity contribution in [3.63, 3.8) is 0 Å². The van der Waals surface area contributed by atoms with Gasteiger partial charge in [0.05, 0.1) is 0 Å². The molecule has 2 fully saturated rings. The van der Waals surface area contributed by atoms with Crippen molar-refractivity contribution in [1.29, 1.82) is 0 Å². The van der Waals surface area contributed by atoms with Gasteiger partial charge in [-0.05, 0) is 73.7 Å². The number of aryl methyl sites for hydroxylation is 1. The number of carboxylic acid groups (broad SMARTS) is 1. The minimum Gasteiger partial charge on any atom is -0.480 e. The Morgan fingerprint density at radius 3 is 2.48 bits per heavy atom. The highest BCUT2D eigenvalue weighted by Gasteiger charge is 2.50. The summed E-state index contributed by atoms with van der Waals surface area (Å²) in [5.74, 6) is -2.04. The second kappa shape index (κ2) is 13.8. The van der Waals surface area contributed by atoms with Crippen LogP contribution in [0.4, 0.5) is 26.3 Å². The number of carbonyl (C=O) groups is 1. The number of allylic oxidation sites excluding steroid dienone is 4. The summed E-state index contributed by atoms with van der Waals surface area (Å²) in [5.41, 5.74) is -1.19. The zero-order valence-electron chi connectivity index (χ0n) is 30.7. The van der Waals surface area contributed by atoms with E-state index in [1.165, 1.54) is 25.1 Å². The highest BCUT2D eigenvalue weighted by molar-refractivity contribution is 5.81. The van der Waals surface area contributed by atoms with Crippen LogP contribution in [0.1, 0.15) is 66.3 Å². The second-order valence-electron chi connectivity index (χ2n) is 15.2. The van der Waals surface area contributed by atoms with Crippen molar-refractivity contribution in [3.8, 4) is 5.75 Å². The fourth-order valence-electron chi connectivity index (χ4n) is 8.51. The van der Waals surface area contributed by atoms with E-state index in [4.69, 9.17) is 23.5 Å². The summed E-state index contributed by atoms with van der Waals surface area (Å²) < 4.78 is 103. The molecule has 2 aromatic heterocycles. The van der Waals surface area contributed by atoms with E-state index >= 15 is 0 Å². The molecule has 3 aliphatic rings. The van der Waals surface area contributed by atoms with Crippen LogP contribution in [0.2, 0.25) is 0 Å². The zero-order chi connectivity index (χ0) is 39.7. The minimum absolute atomic E-state index is 0.0194. The van der Waals surface area contributed by atoms with Crippen LogP contribution in [0, 0.1) is 12.8 Å². The first-order chi connectivity index (χ1) is 26.5. The summed E-state index contributed by atoms with van der Waals surface area (Å²) in [4.78, 5) is 24.9. The first kappa shape index (κ1) is 37.8. The van der Waals surface area contributed by atoms with Crippen LogP contribution < -0.4 is 4.74 Å². The molecule has 2 saturated heterocycles. The van der Waals surface area contributed by atoms with Gasteiger partial charge in [-0.1, -0.05) is 49.4 Å². The average molecular weight is 781 g/mol. The summed E-state index contributed by atoms with van der Waals surface area (Å²) in [5, 5.41) is 9.75. The van der Waals surface area contributed by atoms with Crippen LogP contribution in [0.25, 0.3) is 27.8 Å². The Morgan fingerprint density at radius 1 is 1.05 bits per heavy atom. The van der Waals surface area contributed by atoms with Crippen molar-refractivity contribution in [3.05, 3.63) is 106 Å². The molecule has 9 nitrogen and oxygen atoms in total. The van der Waals surface area contributed by atoms with Crippen molar-refractivity contribution < 1.29 is 49.8 Å². The van der Waals surface area contributed by atoms with Gasteiger partial charge in [0.25, 0.3) is 0 Å². The van der Waals surface area contributed by atoms with Crippen LogP contribution in [-0.2, 0) is 29.5 Å². The van der Waals surface area contributed by atoms with Gasteiger partial charge >= 0.3 is 18.8 Å². The normalized spacial score (nSPS) is 22.9. The largest absolute Gasteiger partial charge is 0.480 e. The quantitative estimate of drug-likeness (QED) is 0.139. The minimum atomic E-state index is -4.83. The third-order valence-corrected chi connectivity index (χ3v) is 11.1. The van der Waals surface area contributed by atoms with E-state index in [1.54, 1.807) is 22.0 Å². The fourth-order valence-corrected chi connectivity index (χ4v) is 8.51. The molecular formula is C41H38F6N4O5. The maximum atomic E-state index is 14.7. The summed E-state index contributed by atoms with van der Waals surface area (Å²) in [6, 6.07) is 12.1. The van der Waals surface area contributed by atoms with E-state index < -0.39 is 52.9 Å². The molecule has 0 amide bonds. The number of oxazole rings is 2. The Balaban J connectivity index is 1.30. The predicted molar refractivity (Wildman–Crippen MR) is 194 cm³/mol. The molecule has 4 heterocycles. The van der Waals surface area contributed by atoms with Gasteiger partial charge in [0.2, 0.25) is 11.8 Å². The first-order valence-corrected chi connectivity index (χ1v) is 18.3. The SMILES string of the molecule is Cc1ccccc1C1=CC=CC(c2nc3cc(CN4CCC[C@H]4C(=O)O)c(OC(F)F)cc3o2)(c2nc3cc(CN4CC(C)(F)C4)cc(C(F)(F)F)c3o2)C1C. The van der Waals surface area contributed by atoms with Crippen LogP contribution in [0.5, 0.6) is 5.75 Å². The third kappa shape index (κ3) is 6.74. The molecule has 2 aliphatic heterocycles. The molecule has 294 valence electrons. The number of aliphatic carboxylic acids is 1. The number of benzene rings is 3. The van der Waals surface area contributed by atoms with E-state index in [1.807, 2.05) is 44.2 Å². The van der Waals surface area contributed by atoms with E-state index in [2.05, 4.69) is 0 Å². The molecule has 15 heteroatoms. The van der Waals surface area contributed by atoms with Gasteiger partial charge in [-0.3, -0.25) is 14.6 Å². The topological polar surface area (TPSA) is 105 Å². The number of halogens is 6. The van der Waals surface area contributed by atoms with Crippen molar-refractivity contribution in [2.45, 2.75) is 76.6 Å². The lowest BCUT2D eigenvalue weighted by Crippen LogP contribution is -2.56. The first-order valence-electron chi connectivity index (χ1n) is 18.3. The molecule has 0 radical (unpaired) electrons. The Kier molecular flexibility index (Phi) is 9.30. The van der Waals surface area contributed by atoms with Gasteiger partial charge in [-0.25, -0.2) is 14.4 Å². The zero-order valence-corrected chi connectivity index (χ0v) is 30.7. The Labute approximate surface area is 317 Å². The molecule has 8 rings (SSSR count). The lowest BCUT2D eigenvalue weighted by molar-refractivity contribution is -0.142. The molecule has 0 spiro atoms. The summed E-state index contributed by atoms with van der Waals surface area (Å²) in [6.45, 7) is 2.68. The Bertz CT molecular complexity index is 2390. The molecule has 56 heavy (non-hydrogen) atoms. The summed E-state index contributed by atoms with van der Waals surface area (Å²) in [6.07, 6.45) is 1.51. The standard InChI is InChI=1S/C41H38F6N4O5/c1-22-8-4-5-9-26(22)27-10-6-12-40(23(27)2,37-49-30-15-24(18-50-20-39(3,44)21-50)14-28(34(30)56-37)41(45,46)47)36-48-29-16-25(19-51-13-7-11-31(51)35(52)53)32(55-38(42)43)17-33(29)54-36/h4-6,8-10,12,14-17,23,31,38H,7,11,13,18-21H2,1-3H3,(H,52,53)/t23?,31-,40?/m0/s1. The van der Waals surface area contributed by atoms with Crippen molar-refractivity contribution in [2.75, 3.05) is 19.6 Å². The van der Waals surface area contributed by atoms with Gasteiger partial charge in [-0.2, -0.15) is 22.0 Å². The molecule has 1 aliphatic carbocycles. The number of hydrogen-bond acceptors (Lipinski definition) is 8. The molecule has 3 atom stereocenters. The molecule has 5 aromatic rings. The van der Waals surface area contributed by atoms with Crippen LogP contribution >= 0.6 is 0 Å². The molecule has 3 aromatic carbocycles. The highest BCUT2D eigenvalue weighted by Crippen LogP contribution is 2.51. The number of carboxylic acids is 1. The number of aromatic nitrogens is 2. The number of alkyl halides is 6. The predicted octanol–water partition coefficient (Wildman–Crippen LogP) is 9.07. The van der Waals surface area contributed by atoms with Gasteiger partial charge in [0.1, 0.15) is 39.5 Å². The molecule has 2 unspecified atom stereocenters. The van der Waals surface area contributed by atoms with E-state index in [-0.39, 0.29) is 71.5 Å². The number of ether oxygens (including phenoxy) is 1. The maximum absolute atomic E-state index is 14.7. The number of hydrogen-bond donors (Lipinski definition) is 1. The molecule has 0 saturated carbocycles. The van der Waals surface area contributed by atoms with Gasteiger partial charge < -0.3 is 18.7 Å². The fraction of sp³-hybridized carbons (Fsp3) is 0.390. The molecule has 1 N–H and O–H groups in total. The van der Waals surface area contributed by atoms with Gasteiger partial charge in [0.15, 0.2) is 11.2 Å². The molecular weight excluding hydrogens is 742 g/mol. The Hall–Kier alpha value is -5.15. The van der Waals surface area contributed by atoms with Crippen molar-refractivity contribution in [1.82, 2.24) is 19.8 Å². The average Bonchev–Trinajstić information content (AvgIpc) is 3.86. The maximum Gasteiger partial charge on any atom is 0.420 e. The number of nitrogens with zero attached hydrogens (tertiary/aromatic N) is 4. The number of likely N-dealkylation sites (tertiary alicyclic amines) is 2. The van der Waals surface area contributed by atoms with E-state index in [0.29, 0.717) is 19.4 Å². The lowest BCUT2D eigenvalue weighted by Gasteiger charge is -2.42. The molecule has 0 bridgehead atoms. The van der Waals surface area contributed by atoms with E-state index in [9.17, 15) is 36.2 Å². The van der Waals surface area contributed by atoms with Crippen LogP contribution in [-0.4, -0.2) is 68.8 Å². The number of rotatable bonds is 10. The van der Waals surface area contributed by atoms with Gasteiger partial charge in [-0.15, -0.1) is 0 Å². The Morgan fingerprint density at radius 2 is 1.79 bits per heavy atom. The summed E-state index contributed by atoms with van der Waals surface area (Å²) >= 11 is 0. The monoisotopic (exact) mass is 780 g/mol. The van der Waals surface area contributed by atoms with Crippen molar-refractivity contribution >= 4 is 33.7 Å². The lowest BCUT2D eigenvalue weighted by atomic mass is 9.67. The third-order valence-electron chi connectivity index (χ3n) is 11.1. The highest BCUT2D eigenvalue weighted by atomic mass is 19.4. The van der Waals surface area contributed by atoms with Gasteiger partial charge in [0, 0.05) is 43.7 Å². The van der Waals surface area contributed by atoms with Crippen molar-refractivity contribution in [2.24, 2.45) is 5.92 Å². The van der Waals surface area contributed by atoms with Crippen LogP contribution in [0.3, 0.4) is 0 Å². The van der Waals surface area contributed by atoms with E-state index in [0.717, 1.165) is 22.8 Å². The van der Waals surface area contributed by atoms with Crippen LogP contribution in [0.15, 0.2) is 75.6 Å². The summed E-state index contributed by atoms with van der Waals surface area (Å²) in [7, 11) is 0. The number of fused-ring (bicyclic) bond motifs is 2.